The lowest BCUT2D eigenvalue weighted by Gasteiger charge is -2.13. The van der Waals surface area contributed by atoms with Crippen LogP contribution in [-0.4, -0.2) is 22.8 Å². The summed E-state index contributed by atoms with van der Waals surface area (Å²) < 4.78 is 12.4. The summed E-state index contributed by atoms with van der Waals surface area (Å²) >= 11 is 1.87. The summed E-state index contributed by atoms with van der Waals surface area (Å²) in [6, 6.07) is 8.93. The molecule has 4 heteroatoms. The van der Waals surface area contributed by atoms with E-state index in [-0.39, 0.29) is 0 Å². The monoisotopic (exact) mass is 295 g/mol. The molecular formula is C15H21NOS2. The molecule has 0 aliphatic rings. The molecular weight excluding hydrogens is 274 g/mol. The van der Waals surface area contributed by atoms with Crippen molar-refractivity contribution in [3.63, 3.8) is 0 Å². The molecule has 1 heterocycles. The Morgan fingerprint density at radius 3 is 2.79 bits per heavy atom. The Balaban J connectivity index is 2.03. The number of nitrogens with one attached hydrogen (secondary N) is 1. The van der Waals surface area contributed by atoms with Gasteiger partial charge in [-0.25, -0.2) is 0 Å². The summed E-state index contributed by atoms with van der Waals surface area (Å²) in [6.07, 6.45) is 2.73. The van der Waals surface area contributed by atoms with Gasteiger partial charge >= 0.3 is 0 Å². The van der Waals surface area contributed by atoms with Crippen molar-refractivity contribution in [2.45, 2.75) is 26.3 Å². The van der Waals surface area contributed by atoms with E-state index in [1.807, 2.05) is 11.3 Å². The van der Waals surface area contributed by atoms with Crippen molar-refractivity contribution in [1.82, 2.24) is 5.32 Å². The van der Waals surface area contributed by atoms with Crippen LogP contribution in [0.1, 0.15) is 29.8 Å². The zero-order valence-electron chi connectivity index (χ0n) is 11.7. The topological polar surface area (TPSA) is 29.1 Å². The number of rotatable bonds is 6. The summed E-state index contributed by atoms with van der Waals surface area (Å²) in [6.45, 7) is 5.34. The molecule has 0 saturated heterocycles. The second-order valence-corrected chi connectivity index (χ2v) is 7.53. The summed E-state index contributed by atoms with van der Waals surface area (Å²) in [4.78, 5) is 1.42. The molecule has 0 fully saturated rings. The number of aryl methyl sites for hydroxylation is 1. The molecule has 0 aliphatic carbocycles. The molecule has 0 amide bonds. The summed E-state index contributed by atoms with van der Waals surface area (Å²) in [7, 11) is -0.679. The molecule has 0 spiro atoms. The zero-order valence-corrected chi connectivity index (χ0v) is 13.4. The van der Waals surface area contributed by atoms with Gasteiger partial charge < -0.3 is 5.32 Å². The molecule has 0 saturated carbocycles. The van der Waals surface area contributed by atoms with Crippen molar-refractivity contribution in [2.24, 2.45) is 0 Å². The van der Waals surface area contributed by atoms with Gasteiger partial charge in [0.25, 0.3) is 0 Å². The Labute approximate surface area is 121 Å². The van der Waals surface area contributed by atoms with Gasteiger partial charge in [-0.2, -0.15) is 0 Å². The van der Waals surface area contributed by atoms with E-state index in [1.54, 1.807) is 6.26 Å². The van der Waals surface area contributed by atoms with Crippen LogP contribution in [0.5, 0.6) is 0 Å². The van der Waals surface area contributed by atoms with E-state index in [0.717, 1.165) is 18.7 Å². The molecule has 2 unspecified atom stereocenters. The Morgan fingerprint density at radius 1 is 1.37 bits per heavy atom. The predicted octanol–water partition coefficient (Wildman–Crippen LogP) is 3.63. The molecule has 0 radical (unpaired) electrons. The number of benzene rings is 1. The van der Waals surface area contributed by atoms with Crippen LogP contribution in [-0.2, 0) is 10.8 Å². The van der Waals surface area contributed by atoms with Crippen molar-refractivity contribution in [1.29, 1.82) is 0 Å². The minimum atomic E-state index is -0.679. The molecule has 2 atom stereocenters. The Hall–Kier alpha value is -0.710. The van der Waals surface area contributed by atoms with Crippen molar-refractivity contribution in [3.05, 3.63) is 34.7 Å². The molecule has 0 aliphatic heterocycles. The molecule has 19 heavy (non-hydrogen) atoms. The third-order valence-electron chi connectivity index (χ3n) is 3.33. The quantitative estimate of drug-likeness (QED) is 0.825. The first-order valence-corrected chi connectivity index (χ1v) is 9.15. The van der Waals surface area contributed by atoms with Crippen LogP contribution in [0.4, 0.5) is 0 Å². The van der Waals surface area contributed by atoms with Crippen molar-refractivity contribution < 1.29 is 4.21 Å². The maximum atomic E-state index is 11.0. The second-order valence-electron chi connectivity index (χ2n) is 4.89. The fourth-order valence-corrected chi connectivity index (χ4v) is 4.08. The lowest BCUT2D eigenvalue weighted by atomic mass is 10.1. The van der Waals surface area contributed by atoms with E-state index < -0.39 is 10.8 Å². The van der Waals surface area contributed by atoms with Gasteiger partial charge in [-0.1, -0.05) is 18.2 Å². The van der Waals surface area contributed by atoms with Crippen LogP contribution in [0.3, 0.4) is 0 Å². The van der Waals surface area contributed by atoms with Crippen molar-refractivity contribution in [3.8, 4) is 0 Å². The molecule has 1 aromatic carbocycles. The zero-order chi connectivity index (χ0) is 13.8. The van der Waals surface area contributed by atoms with Gasteiger partial charge in [0.15, 0.2) is 0 Å². The largest absolute Gasteiger partial charge is 0.309 e. The molecule has 0 bridgehead atoms. The third-order valence-corrected chi connectivity index (χ3v) is 5.65. The lowest BCUT2D eigenvalue weighted by molar-refractivity contribution is 0.576. The summed E-state index contributed by atoms with van der Waals surface area (Å²) in [5, 5.41) is 4.90. The van der Waals surface area contributed by atoms with Gasteiger partial charge in [0, 0.05) is 38.4 Å². The average Bonchev–Trinajstić information content (AvgIpc) is 2.72. The SMILES string of the molecule is Cc1c(C(C)NCCCS(C)=O)sc2ccccc12. The van der Waals surface area contributed by atoms with E-state index in [2.05, 4.69) is 43.4 Å². The molecule has 2 rings (SSSR count). The average molecular weight is 295 g/mol. The first-order chi connectivity index (χ1) is 9.09. The van der Waals surface area contributed by atoms with Gasteiger partial charge in [-0.15, -0.1) is 11.3 Å². The first-order valence-electron chi connectivity index (χ1n) is 6.61. The normalized spacial score (nSPS) is 14.7. The van der Waals surface area contributed by atoms with Crippen LogP contribution in [0.2, 0.25) is 0 Å². The van der Waals surface area contributed by atoms with Gasteiger partial charge in [-0.3, -0.25) is 4.21 Å². The van der Waals surface area contributed by atoms with Gasteiger partial charge in [0.1, 0.15) is 0 Å². The van der Waals surface area contributed by atoms with E-state index in [9.17, 15) is 4.21 Å². The number of hydrogen-bond donors (Lipinski definition) is 1. The van der Waals surface area contributed by atoms with Crippen LogP contribution in [0, 0.1) is 6.92 Å². The van der Waals surface area contributed by atoms with E-state index >= 15 is 0 Å². The van der Waals surface area contributed by atoms with E-state index in [4.69, 9.17) is 0 Å². The van der Waals surface area contributed by atoms with Gasteiger partial charge in [0.2, 0.25) is 0 Å². The highest BCUT2D eigenvalue weighted by Gasteiger charge is 2.13. The predicted molar refractivity (Wildman–Crippen MR) is 86.5 cm³/mol. The molecule has 1 N–H and O–H groups in total. The lowest BCUT2D eigenvalue weighted by Crippen LogP contribution is -2.20. The standard InChI is InChI=1S/C15H21NOS2/c1-11-13-7-4-5-8-14(13)18-15(11)12(2)16-9-6-10-19(3)17/h4-5,7-8,12,16H,6,9-10H2,1-3H3. The number of fused-ring (bicyclic) bond motifs is 1. The van der Waals surface area contributed by atoms with E-state index in [1.165, 1.54) is 20.5 Å². The molecule has 2 aromatic rings. The maximum Gasteiger partial charge on any atom is 0.0389 e. The van der Waals surface area contributed by atoms with Crippen LogP contribution in [0.15, 0.2) is 24.3 Å². The summed E-state index contributed by atoms with van der Waals surface area (Å²) in [5.41, 5.74) is 1.39. The Kier molecular flexibility index (Phi) is 5.13. The molecule has 2 nitrogen and oxygen atoms in total. The van der Waals surface area contributed by atoms with Crippen LogP contribution in [0.25, 0.3) is 10.1 Å². The number of hydrogen-bond acceptors (Lipinski definition) is 3. The maximum absolute atomic E-state index is 11.0. The smallest absolute Gasteiger partial charge is 0.0389 e. The third kappa shape index (κ3) is 3.65. The Bertz CT molecular complexity index is 577. The van der Waals surface area contributed by atoms with Gasteiger partial charge in [0.05, 0.1) is 0 Å². The minimum absolute atomic E-state index is 0.364. The van der Waals surface area contributed by atoms with Crippen LogP contribution < -0.4 is 5.32 Å². The highest BCUT2D eigenvalue weighted by molar-refractivity contribution is 7.84. The van der Waals surface area contributed by atoms with E-state index in [0.29, 0.717) is 6.04 Å². The highest BCUT2D eigenvalue weighted by atomic mass is 32.2. The first kappa shape index (κ1) is 14.7. The van der Waals surface area contributed by atoms with Crippen molar-refractivity contribution in [2.75, 3.05) is 18.6 Å². The fourth-order valence-electron chi connectivity index (χ4n) is 2.29. The summed E-state index contributed by atoms with van der Waals surface area (Å²) in [5.74, 6) is 0.783. The minimum Gasteiger partial charge on any atom is -0.309 e. The molecule has 104 valence electrons. The Morgan fingerprint density at radius 2 is 2.11 bits per heavy atom. The second kappa shape index (κ2) is 6.64. The highest BCUT2D eigenvalue weighted by Crippen LogP contribution is 2.34. The van der Waals surface area contributed by atoms with Crippen molar-refractivity contribution >= 4 is 32.2 Å². The van der Waals surface area contributed by atoms with Crippen LogP contribution >= 0.6 is 11.3 Å². The number of thiophene rings is 1. The van der Waals surface area contributed by atoms with Gasteiger partial charge in [-0.05, 0) is 43.8 Å². The fraction of sp³-hybridized carbons (Fsp3) is 0.467. The molecule has 1 aromatic heterocycles.